The molecule has 1 N–H and O–H groups in total. The fraction of sp³-hybridized carbons (Fsp3) is 0.562. The molecule has 0 heterocycles. The number of ether oxygens (including phenoxy) is 2. The first kappa shape index (κ1) is 14.9. The summed E-state index contributed by atoms with van der Waals surface area (Å²) in [7, 11) is 1.66. The van der Waals surface area contributed by atoms with Crippen LogP contribution in [-0.2, 0) is 21.5 Å². The Hall–Kier alpha value is -1.55. The van der Waals surface area contributed by atoms with Crippen LogP contribution in [0.1, 0.15) is 37.8 Å². The van der Waals surface area contributed by atoms with Gasteiger partial charge in [0.2, 0.25) is 0 Å². The highest BCUT2D eigenvalue weighted by Crippen LogP contribution is 2.41. The van der Waals surface area contributed by atoms with Gasteiger partial charge in [-0.05, 0) is 49.6 Å². The Labute approximate surface area is 120 Å². The molecular weight excluding hydrogens is 254 g/mol. The molecule has 1 aromatic carbocycles. The van der Waals surface area contributed by atoms with E-state index in [1.165, 1.54) is 11.1 Å². The van der Waals surface area contributed by atoms with Crippen molar-refractivity contribution >= 4 is 5.97 Å². The number of methoxy groups -OCH3 is 1. The maximum atomic E-state index is 11.9. The van der Waals surface area contributed by atoms with E-state index in [0.717, 1.165) is 25.1 Å². The van der Waals surface area contributed by atoms with Crippen LogP contribution >= 0.6 is 0 Å². The average Bonchev–Trinajstić information content (AvgIpc) is 2.78. The van der Waals surface area contributed by atoms with Crippen molar-refractivity contribution in [3.8, 4) is 5.75 Å². The first-order valence-electron chi connectivity index (χ1n) is 7.23. The standard InChI is InChI=1S/C16H23NO3/c1-4-17-16(11-15(18)20-5-2)9-8-12-6-7-13(19-3)10-14(12)16/h6-7,10,17H,4-5,8-9,11H2,1-3H3. The molecule has 0 amide bonds. The van der Waals surface area contributed by atoms with Crippen molar-refractivity contribution < 1.29 is 14.3 Å². The quantitative estimate of drug-likeness (QED) is 0.811. The lowest BCUT2D eigenvalue weighted by molar-refractivity contribution is -0.145. The first-order valence-corrected chi connectivity index (χ1v) is 7.23. The SMILES string of the molecule is CCNC1(CC(=O)OCC)CCc2ccc(OC)cc21. The fourth-order valence-corrected chi connectivity index (χ4v) is 3.06. The Kier molecular flexibility index (Phi) is 4.65. The van der Waals surface area contributed by atoms with E-state index in [2.05, 4.69) is 18.3 Å². The van der Waals surface area contributed by atoms with Crippen LogP contribution in [-0.4, -0.2) is 26.2 Å². The summed E-state index contributed by atoms with van der Waals surface area (Å²) in [6, 6.07) is 6.12. The summed E-state index contributed by atoms with van der Waals surface area (Å²) in [6.07, 6.45) is 2.27. The Morgan fingerprint density at radius 1 is 1.40 bits per heavy atom. The van der Waals surface area contributed by atoms with E-state index >= 15 is 0 Å². The number of esters is 1. The second-order valence-electron chi connectivity index (χ2n) is 5.12. The summed E-state index contributed by atoms with van der Waals surface area (Å²) < 4.78 is 10.5. The zero-order valence-corrected chi connectivity index (χ0v) is 12.5. The molecule has 0 aliphatic heterocycles. The van der Waals surface area contributed by atoms with E-state index in [4.69, 9.17) is 9.47 Å². The van der Waals surface area contributed by atoms with Crippen LogP contribution in [0.3, 0.4) is 0 Å². The Bertz CT molecular complexity index is 483. The Morgan fingerprint density at radius 3 is 2.85 bits per heavy atom. The highest BCUT2D eigenvalue weighted by atomic mass is 16.5. The van der Waals surface area contributed by atoms with Crippen LogP contribution in [0, 0.1) is 0 Å². The molecule has 20 heavy (non-hydrogen) atoms. The molecular formula is C16H23NO3. The van der Waals surface area contributed by atoms with Crippen LogP contribution in [0.25, 0.3) is 0 Å². The minimum absolute atomic E-state index is 0.149. The van der Waals surface area contributed by atoms with Gasteiger partial charge in [-0.1, -0.05) is 13.0 Å². The second-order valence-corrected chi connectivity index (χ2v) is 5.12. The maximum absolute atomic E-state index is 11.9. The Morgan fingerprint density at radius 2 is 2.20 bits per heavy atom. The van der Waals surface area contributed by atoms with Gasteiger partial charge >= 0.3 is 5.97 Å². The molecule has 0 bridgehead atoms. The van der Waals surface area contributed by atoms with Crippen LogP contribution in [0.4, 0.5) is 0 Å². The largest absolute Gasteiger partial charge is 0.497 e. The van der Waals surface area contributed by atoms with Gasteiger partial charge in [-0.2, -0.15) is 0 Å². The predicted octanol–water partition coefficient (Wildman–Crippen LogP) is 2.40. The van der Waals surface area contributed by atoms with Crippen molar-refractivity contribution in [2.75, 3.05) is 20.3 Å². The van der Waals surface area contributed by atoms with E-state index < -0.39 is 0 Å². The number of benzene rings is 1. The van der Waals surface area contributed by atoms with Crippen molar-refractivity contribution in [1.29, 1.82) is 0 Å². The van der Waals surface area contributed by atoms with Gasteiger partial charge in [-0.15, -0.1) is 0 Å². The van der Waals surface area contributed by atoms with E-state index in [9.17, 15) is 4.79 Å². The molecule has 1 aromatic rings. The van der Waals surface area contributed by atoms with Gasteiger partial charge < -0.3 is 14.8 Å². The summed E-state index contributed by atoms with van der Waals surface area (Å²) >= 11 is 0. The van der Waals surface area contributed by atoms with Gasteiger partial charge in [-0.3, -0.25) is 4.79 Å². The van der Waals surface area contributed by atoms with Crippen LogP contribution in [0.2, 0.25) is 0 Å². The summed E-state index contributed by atoms with van der Waals surface area (Å²) in [5.41, 5.74) is 2.15. The van der Waals surface area contributed by atoms with Crippen molar-refractivity contribution in [2.45, 2.75) is 38.6 Å². The second kappa shape index (κ2) is 6.27. The molecule has 1 atom stereocenters. The van der Waals surface area contributed by atoms with Crippen LogP contribution in [0.15, 0.2) is 18.2 Å². The highest BCUT2D eigenvalue weighted by molar-refractivity contribution is 5.72. The lowest BCUT2D eigenvalue weighted by atomic mass is 9.88. The van der Waals surface area contributed by atoms with Gasteiger partial charge in [0.15, 0.2) is 0 Å². The molecule has 1 unspecified atom stereocenters. The third-order valence-electron chi connectivity index (χ3n) is 3.92. The number of rotatable bonds is 6. The van der Waals surface area contributed by atoms with Crippen LogP contribution in [0.5, 0.6) is 5.75 Å². The van der Waals surface area contributed by atoms with Crippen molar-refractivity contribution in [1.82, 2.24) is 5.32 Å². The zero-order chi connectivity index (χ0) is 14.6. The predicted molar refractivity (Wildman–Crippen MR) is 77.9 cm³/mol. The highest BCUT2D eigenvalue weighted by Gasteiger charge is 2.40. The number of aryl methyl sites for hydroxylation is 1. The number of hydrogen-bond acceptors (Lipinski definition) is 4. The molecule has 110 valence electrons. The van der Waals surface area contributed by atoms with E-state index in [1.807, 2.05) is 19.1 Å². The fourth-order valence-electron chi connectivity index (χ4n) is 3.06. The van der Waals surface area contributed by atoms with E-state index in [1.54, 1.807) is 7.11 Å². The lowest BCUT2D eigenvalue weighted by Gasteiger charge is -2.30. The van der Waals surface area contributed by atoms with Gasteiger partial charge in [0.25, 0.3) is 0 Å². The monoisotopic (exact) mass is 277 g/mol. The van der Waals surface area contributed by atoms with Gasteiger partial charge in [-0.25, -0.2) is 0 Å². The normalized spacial score (nSPS) is 20.6. The molecule has 0 saturated carbocycles. The number of hydrogen-bond donors (Lipinski definition) is 1. The molecule has 1 aliphatic rings. The van der Waals surface area contributed by atoms with Gasteiger partial charge in [0, 0.05) is 0 Å². The number of carbonyl (C=O) groups excluding carboxylic acids is 1. The first-order chi connectivity index (χ1) is 9.65. The van der Waals surface area contributed by atoms with Crippen molar-refractivity contribution in [3.63, 3.8) is 0 Å². The third kappa shape index (κ3) is 2.80. The Balaban J connectivity index is 2.33. The molecule has 0 aromatic heterocycles. The zero-order valence-electron chi connectivity index (χ0n) is 12.5. The van der Waals surface area contributed by atoms with Crippen molar-refractivity contribution in [2.24, 2.45) is 0 Å². The molecule has 4 heteroatoms. The molecule has 0 saturated heterocycles. The van der Waals surface area contributed by atoms with Gasteiger partial charge in [0.1, 0.15) is 5.75 Å². The molecule has 0 fully saturated rings. The topological polar surface area (TPSA) is 47.6 Å². The number of fused-ring (bicyclic) bond motifs is 1. The molecule has 0 spiro atoms. The smallest absolute Gasteiger partial charge is 0.308 e. The molecule has 0 radical (unpaired) electrons. The van der Waals surface area contributed by atoms with Gasteiger partial charge in [0.05, 0.1) is 25.7 Å². The van der Waals surface area contributed by atoms with E-state index in [-0.39, 0.29) is 11.5 Å². The average molecular weight is 277 g/mol. The lowest BCUT2D eigenvalue weighted by Crippen LogP contribution is -2.42. The van der Waals surface area contributed by atoms with E-state index in [0.29, 0.717) is 13.0 Å². The van der Waals surface area contributed by atoms with Crippen LogP contribution < -0.4 is 10.1 Å². The molecule has 2 rings (SSSR count). The summed E-state index contributed by atoms with van der Waals surface area (Å²) in [6.45, 7) is 5.14. The number of nitrogens with one attached hydrogen (secondary N) is 1. The van der Waals surface area contributed by atoms with Crippen molar-refractivity contribution in [3.05, 3.63) is 29.3 Å². The number of carbonyl (C=O) groups is 1. The summed E-state index contributed by atoms with van der Waals surface area (Å²) in [5.74, 6) is 0.681. The summed E-state index contributed by atoms with van der Waals surface area (Å²) in [5, 5.41) is 3.50. The third-order valence-corrected chi connectivity index (χ3v) is 3.92. The maximum Gasteiger partial charge on any atom is 0.308 e. The molecule has 1 aliphatic carbocycles. The molecule has 4 nitrogen and oxygen atoms in total. The summed E-state index contributed by atoms with van der Waals surface area (Å²) in [4.78, 5) is 11.9. The minimum atomic E-state index is -0.315. The minimum Gasteiger partial charge on any atom is -0.497 e.